The maximum absolute atomic E-state index is 9.07. The highest BCUT2D eigenvalue weighted by Gasteiger charge is 2.12. The van der Waals surface area contributed by atoms with Gasteiger partial charge < -0.3 is 9.84 Å². The van der Waals surface area contributed by atoms with Gasteiger partial charge in [0.1, 0.15) is 0 Å². The van der Waals surface area contributed by atoms with Gasteiger partial charge in [0.2, 0.25) is 0 Å². The number of aliphatic hydroxyl groups excluding tert-OH is 1. The average Bonchev–Trinajstić information content (AvgIpc) is 2.56. The summed E-state index contributed by atoms with van der Waals surface area (Å²) in [6.07, 6.45) is 22.6. The molecule has 0 aliphatic heterocycles. The van der Waals surface area contributed by atoms with Crippen molar-refractivity contribution in [1.82, 2.24) is 0 Å². The third-order valence-corrected chi connectivity index (χ3v) is 5.23. The zero-order valence-corrected chi connectivity index (χ0v) is 15.7. The van der Waals surface area contributed by atoms with Crippen molar-refractivity contribution in [1.29, 1.82) is 0 Å². The highest BCUT2D eigenvalue weighted by molar-refractivity contribution is 4.65. The number of hydrogen-bond acceptors (Lipinski definition) is 2. The maximum atomic E-state index is 9.07. The fourth-order valence-corrected chi connectivity index (χ4v) is 3.78. The van der Waals surface area contributed by atoms with E-state index in [1.807, 2.05) is 0 Å². The van der Waals surface area contributed by atoms with Gasteiger partial charge in [0.25, 0.3) is 0 Å². The molecule has 0 amide bonds. The van der Waals surface area contributed by atoms with Crippen molar-refractivity contribution in [2.75, 3.05) is 13.2 Å². The lowest BCUT2D eigenvalue weighted by Gasteiger charge is -2.21. The zero-order chi connectivity index (χ0) is 16.6. The molecule has 0 bridgehead atoms. The van der Waals surface area contributed by atoms with Crippen LogP contribution in [0.25, 0.3) is 0 Å². The van der Waals surface area contributed by atoms with Crippen LogP contribution in [0.15, 0.2) is 0 Å². The molecule has 2 heteroatoms. The molecule has 1 aliphatic carbocycles. The Labute approximate surface area is 145 Å². The van der Waals surface area contributed by atoms with Crippen LogP contribution in [0, 0.1) is 5.92 Å². The molecule has 2 nitrogen and oxygen atoms in total. The van der Waals surface area contributed by atoms with Gasteiger partial charge >= 0.3 is 0 Å². The predicted octanol–water partition coefficient (Wildman–Crippen LogP) is 6.26. The summed E-state index contributed by atoms with van der Waals surface area (Å²) in [6, 6.07) is 0. The Bertz CT molecular complexity index is 234. The van der Waals surface area contributed by atoms with Gasteiger partial charge in [-0.3, -0.25) is 0 Å². The van der Waals surface area contributed by atoms with Gasteiger partial charge in [0.05, 0.1) is 12.7 Å². The van der Waals surface area contributed by atoms with Crippen molar-refractivity contribution in [2.24, 2.45) is 5.92 Å². The van der Waals surface area contributed by atoms with Gasteiger partial charge in [0.15, 0.2) is 0 Å². The molecule has 1 N–H and O–H groups in total. The molecule has 1 unspecified atom stereocenters. The van der Waals surface area contributed by atoms with Gasteiger partial charge in [-0.25, -0.2) is 0 Å². The molecule has 0 aromatic carbocycles. The first-order valence-corrected chi connectivity index (χ1v) is 10.5. The fourth-order valence-electron chi connectivity index (χ4n) is 3.78. The Morgan fingerprint density at radius 1 is 0.783 bits per heavy atom. The summed E-state index contributed by atoms with van der Waals surface area (Å²) in [7, 11) is 0. The molecule has 138 valence electrons. The molecule has 1 fully saturated rings. The summed E-state index contributed by atoms with van der Waals surface area (Å²) < 4.78 is 5.37. The van der Waals surface area contributed by atoms with Gasteiger partial charge in [-0.15, -0.1) is 0 Å². The molecule has 1 saturated carbocycles. The minimum atomic E-state index is -0.322. The summed E-state index contributed by atoms with van der Waals surface area (Å²) >= 11 is 0. The molecule has 0 spiro atoms. The second-order valence-electron chi connectivity index (χ2n) is 7.75. The highest BCUT2D eigenvalue weighted by Crippen LogP contribution is 2.28. The van der Waals surface area contributed by atoms with E-state index < -0.39 is 0 Å². The molecule has 0 heterocycles. The lowest BCUT2D eigenvalue weighted by atomic mass is 9.85. The lowest BCUT2D eigenvalue weighted by Crippen LogP contribution is -2.10. The summed E-state index contributed by atoms with van der Waals surface area (Å²) in [4.78, 5) is 0. The Morgan fingerprint density at radius 2 is 1.30 bits per heavy atom. The van der Waals surface area contributed by atoms with Crippen LogP contribution in [0.2, 0.25) is 0 Å². The van der Waals surface area contributed by atoms with Crippen molar-refractivity contribution >= 4 is 0 Å². The minimum absolute atomic E-state index is 0.322. The standard InChI is InChI=1S/C21H42O2/c1-20(22)19-23-18-14-9-7-5-3-2-4-6-8-11-15-21-16-12-10-13-17-21/h20-22H,2-19H2,1H3. The molecule has 0 saturated heterocycles. The van der Waals surface area contributed by atoms with Crippen LogP contribution in [-0.2, 0) is 4.74 Å². The Balaban J connectivity index is 1.68. The summed E-state index contributed by atoms with van der Waals surface area (Å²) in [5, 5.41) is 9.07. The van der Waals surface area contributed by atoms with Crippen LogP contribution in [-0.4, -0.2) is 24.4 Å². The fraction of sp³-hybridized carbons (Fsp3) is 1.00. The van der Waals surface area contributed by atoms with Crippen molar-refractivity contribution in [3.8, 4) is 0 Å². The van der Waals surface area contributed by atoms with E-state index in [-0.39, 0.29) is 6.10 Å². The van der Waals surface area contributed by atoms with Crippen molar-refractivity contribution < 1.29 is 9.84 Å². The lowest BCUT2D eigenvalue weighted by molar-refractivity contribution is 0.0445. The summed E-state index contributed by atoms with van der Waals surface area (Å²) in [5.74, 6) is 1.08. The molecule has 1 aliphatic rings. The Morgan fingerprint density at radius 3 is 1.87 bits per heavy atom. The van der Waals surface area contributed by atoms with Crippen LogP contribution >= 0.6 is 0 Å². The van der Waals surface area contributed by atoms with E-state index in [4.69, 9.17) is 9.84 Å². The van der Waals surface area contributed by atoms with E-state index in [2.05, 4.69) is 0 Å². The van der Waals surface area contributed by atoms with Crippen LogP contribution in [0.3, 0.4) is 0 Å². The smallest absolute Gasteiger partial charge is 0.0745 e. The first-order valence-electron chi connectivity index (χ1n) is 10.5. The van der Waals surface area contributed by atoms with E-state index in [9.17, 15) is 0 Å². The molecule has 0 radical (unpaired) electrons. The zero-order valence-electron chi connectivity index (χ0n) is 15.7. The Kier molecular flexibility index (Phi) is 14.1. The van der Waals surface area contributed by atoms with E-state index in [1.54, 1.807) is 6.92 Å². The SMILES string of the molecule is CC(O)COCCCCCCCCCCCCC1CCCCC1. The van der Waals surface area contributed by atoms with E-state index in [0.717, 1.165) is 18.9 Å². The third-order valence-electron chi connectivity index (χ3n) is 5.23. The minimum Gasteiger partial charge on any atom is -0.391 e. The van der Waals surface area contributed by atoms with Gasteiger partial charge in [0, 0.05) is 6.61 Å². The van der Waals surface area contributed by atoms with Gasteiger partial charge in [-0.2, -0.15) is 0 Å². The topological polar surface area (TPSA) is 29.5 Å². The van der Waals surface area contributed by atoms with Crippen LogP contribution in [0.5, 0.6) is 0 Å². The first kappa shape index (κ1) is 21.0. The van der Waals surface area contributed by atoms with Crippen molar-refractivity contribution in [3.05, 3.63) is 0 Å². The molecular formula is C21H42O2. The molecule has 0 aromatic rings. The van der Waals surface area contributed by atoms with E-state index >= 15 is 0 Å². The molecular weight excluding hydrogens is 284 g/mol. The number of rotatable bonds is 15. The van der Waals surface area contributed by atoms with Crippen molar-refractivity contribution in [2.45, 2.75) is 116 Å². The van der Waals surface area contributed by atoms with E-state index in [1.165, 1.54) is 96.3 Å². The number of hydrogen-bond donors (Lipinski definition) is 1. The molecule has 1 rings (SSSR count). The summed E-state index contributed by atoms with van der Waals surface area (Å²) in [6.45, 7) is 3.07. The second kappa shape index (κ2) is 15.4. The maximum Gasteiger partial charge on any atom is 0.0745 e. The Hall–Kier alpha value is -0.0800. The average molecular weight is 327 g/mol. The van der Waals surface area contributed by atoms with Crippen LogP contribution in [0.1, 0.15) is 110 Å². The highest BCUT2D eigenvalue weighted by atomic mass is 16.5. The number of aliphatic hydroxyl groups is 1. The van der Waals surface area contributed by atoms with Crippen LogP contribution in [0.4, 0.5) is 0 Å². The third kappa shape index (κ3) is 14.0. The first-order chi connectivity index (χ1) is 11.3. The second-order valence-corrected chi connectivity index (χ2v) is 7.75. The normalized spacial score (nSPS) is 17.5. The molecule has 23 heavy (non-hydrogen) atoms. The van der Waals surface area contributed by atoms with Crippen molar-refractivity contribution in [3.63, 3.8) is 0 Å². The predicted molar refractivity (Wildman–Crippen MR) is 99.9 cm³/mol. The number of unbranched alkanes of at least 4 members (excludes halogenated alkanes) is 9. The van der Waals surface area contributed by atoms with Gasteiger partial charge in [-0.1, -0.05) is 96.3 Å². The van der Waals surface area contributed by atoms with Crippen LogP contribution < -0.4 is 0 Å². The monoisotopic (exact) mass is 326 g/mol. The van der Waals surface area contributed by atoms with E-state index in [0.29, 0.717) is 6.61 Å². The molecule has 0 aromatic heterocycles. The summed E-state index contributed by atoms with van der Waals surface area (Å²) in [5.41, 5.74) is 0. The van der Waals surface area contributed by atoms with Gasteiger partial charge in [-0.05, 0) is 19.3 Å². The largest absolute Gasteiger partial charge is 0.391 e. The molecule has 1 atom stereocenters. The quantitative estimate of drug-likeness (QED) is 0.360. The number of ether oxygens (including phenoxy) is 1.